The number of amides is 1. The van der Waals surface area contributed by atoms with Crippen LogP contribution < -0.4 is 10.0 Å². The molecule has 0 aliphatic carbocycles. The Kier molecular flexibility index (Phi) is 4.88. The molecule has 10 heteroatoms. The van der Waals surface area contributed by atoms with Gasteiger partial charge in [0.05, 0.1) is 10.9 Å². The van der Waals surface area contributed by atoms with Gasteiger partial charge in [-0.15, -0.1) is 10.2 Å². The highest BCUT2D eigenvalue weighted by atomic mass is 35.5. The number of hydrogen-bond donors (Lipinski definition) is 2. The Balaban J connectivity index is 2.05. The van der Waals surface area contributed by atoms with Crippen LogP contribution in [-0.4, -0.2) is 30.6 Å². The molecular weight excluding hydrogens is 336 g/mol. The average molecular weight is 347 g/mol. The number of nitrogens with zero attached hydrogens (tertiary/aromatic N) is 2. The van der Waals surface area contributed by atoms with Crippen molar-refractivity contribution in [2.45, 2.75) is 17.9 Å². The summed E-state index contributed by atoms with van der Waals surface area (Å²) in [5, 5.41) is 10.4. The van der Waals surface area contributed by atoms with E-state index in [9.17, 15) is 13.2 Å². The van der Waals surface area contributed by atoms with Gasteiger partial charge in [0.15, 0.2) is 0 Å². The van der Waals surface area contributed by atoms with Crippen LogP contribution in [0.1, 0.15) is 6.92 Å². The first-order valence-electron chi connectivity index (χ1n) is 5.73. The van der Waals surface area contributed by atoms with Gasteiger partial charge in [0.2, 0.25) is 21.1 Å². The van der Waals surface area contributed by atoms with E-state index in [-0.39, 0.29) is 4.90 Å². The van der Waals surface area contributed by atoms with E-state index in [0.717, 1.165) is 11.3 Å². The predicted octanol–water partition coefficient (Wildman–Crippen LogP) is 1.50. The molecule has 21 heavy (non-hydrogen) atoms. The Morgan fingerprint density at radius 2 is 2.00 bits per heavy atom. The summed E-state index contributed by atoms with van der Waals surface area (Å²) in [5.41, 5.74) is 1.46. The summed E-state index contributed by atoms with van der Waals surface area (Å²) in [6.07, 6.45) is 0. The van der Waals surface area contributed by atoms with E-state index in [1.165, 1.54) is 36.7 Å². The maximum atomic E-state index is 12.1. The van der Waals surface area contributed by atoms with Gasteiger partial charge in [-0.25, -0.2) is 8.42 Å². The lowest BCUT2D eigenvalue weighted by atomic mass is 10.3. The van der Waals surface area contributed by atoms with Gasteiger partial charge in [0.25, 0.3) is 0 Å². The van der Waals surface area contributed by atoms with Crippen molar-refractivity contribution in [1.82, 2.24) is 14.9 Å². The maximum absolute atomic E-state index is 12.1. The number of anilines is 1. The lowest BCUT2D eigenvalue weighted by molar-refractivity contribution is -0.117. The molecular formula is C11H11ClN4O3S2. The van der Waals surface area contributed by atoms with Crippen LogP contribution in [0.5, 0.6) is 0 Å². The molecule has 2 rings (SSSR count). The van der Waals surface area contributed by atoms with Crippen molar-refractivity contribution in [3.63, 3.8) is 0 Å². The average Bonchev–Trinajstić information content (AvgIpc) is 2.91. The van der Waals surface area contributed by atoms with Crippen LogP contribution in [0.2, 0.25) is 5.02 Å². The molecule has 112 valence electrons. The summed E-state index contributed by atoms with van der Waals surface area (Å²) in [6.45, 7) is 1.43. The first kappa shape index (κ1) is 15.8. The third-order valence-corrected chi connectivity index (χ3v) is 4.85. The summed E-state index contributed by atoms with van der Waals surface area (Å²) in [5.74, 6) is -0.524. The van der Waals surface area contributed by atoms with Gasteiger partial charge >= 0.3 is 0 Å². The summed E-state index contributed by atoms with van der Waals surface area (Å²) in [7, 11) is -3.80. The molecule has 0 saturated carbocycles. The Labute approximate surface area is 130 Å². The molecule has 2 N–H and O–H groups in total. The highest BCUT2D eigenvalue weighted by Crippen LogP contribution is 2.14. The summed E-state index contributed by atoms with van der Waals surface area (Å²) in [6, 6.07) is 4.68. The van der Waals surface area contributed by atoms with E-state index in [0.29, 0.717) is 10.2 Å². The molecule has 0 aliphatic heterocycles. The molecule has 0 aliphatic rings. The standard InChI is InChI=1S/C11H11ClN4O3S2/c1-7(10(17)14-11-15-13-6-20-11)16-21(18,19)9-4-2-8(12)3-5-9/h2-7,16H,1H3,(H,14,15,17). The minimum atomic E-state index is -3.80. The van der Waals surface area contributed by atoms with E-state index in [4.69, 9.17) is 11.6 Å². The van der Waals surface area contributed by atoms with Gasteiger partial charge in [-0.05, 0) is 31.2 Å². The van der Waals surface area contributed by atoms with Crippen molar-refractivity contribution >= 4 is 44.0 Å². The van der Waals surface area contributed by atoms with E-state index in [2.05, 4.69) is 20.2 Å². The Bertz CT molecular complexity index is 716. The number of carbonyl (C=O) groups excluding carboxylic acids is 1. The van der Waals surface area contributed by atoms with Crippen molar-refractivity contribution in [1.29, 1.82) is 0 Å². The highest BCUT2D eigenvalue weighted by molar-refractivity contribution is 7.89. The number of carbonyl (C=O) groups is 1. The molecule has 1 heterocycles. The quantitative estimate of drug-likeness (QED) is 0.854. The van der Waals surface area contributed by atoms with Crippen LogP contribution in [0.4, 0.5) is 5.13 Å². The number of hydrogen-bond acceptors (Lipinski definition) is 6. The van der Waals surface area contributed by atoms with E-state index >= 15 is 0 Å². The van der Waals surface area contributed by atoms with Gasteiger partial charge < -0.3 is 0 Å². The van der Waals surface area contributed by atoms with Crippen molar-refractivity contribution in [2.75, 3.05) is 5.32 Å². The minimum absolute atomic E-state index is 0.0301. The molecule has 0 bridgehead atoms. The van der Waals surface area contributed by atoms with Gasteiger partial charge in [-0.1, -0.05) is 22.9 Å². The SMILES string of the molecule is CC(NS(=O)(=O)c1ccc(Cl)cc1)C(=O)Nc1nncs1. The molecule has 0 spiro atoms. The van der Waals surface area contributed by atoms with Crippen molar-refractivity contribution in [3.05, 3.63) is 34.8 Å². The number of aromatic nitrogens is 2. The third-order valence-electron chi connectivity index (χ3n) is 2.44. The number of sulfonamides is 1. The van der Waals surface area contributed by atoms with Gasteiger partial charge in [-0.2, -0.15) is 4.72 Å². The smallest absolute Gasteiger partial charge is 0.244 e. The molecule has 0 radical (unpaired) electrons. The molecule has 1 aromatic carbocycles. The Hall–Kier alpha value is -1.55. The lowest BCUT2D eigenvalue weighted by Gasteiger charge is -2.13. The van der Waals surface area contributed by atoms with Crippen LogP contribution in [0.25, 0.3) is 0 Å². The monoisotopic (exact) mass is 346 g/mol. The lowest BCUT2D eigenvalue weighted by Crippen LogP contribution is -2.41. The minimum Gasteiger partial charge on any atom is -0.299 e. The Morgan fingerprint density at radius 3 is 2.57 bits per heavy atom. The zero-order valence-electron chi connectivity index (χ0n) is 10.8. The molecule has 1 atom stereocenters. The van der Waals surface area contributed by atoms with Crippen LogP contribution in [0.15, 0.2) is 34.7 Å². The zero-order chi connectivity index (χ0) is 15.5. The molecule has 2 aromatic rings. The molecule has 1 unspecified atom stereocenters. The van der Waals surface area contributed by atoms with Gasteiger partial charge in [0, 0.05) is 5.02 Å². The Morgan fingerprint density at radius 1 is 1.33 bits per heavy atom. The predicted molar refractivity (Wildman–Crippen MR) is 79.8 cm³/mol. The number of rotatable bonds is 5. The van der Waals surface area contributed by atoms with Crippen LogP contribution in [0.3, 0.4) is 0 Å². The normalized spacial score (nSPS) is 12.9. The number of nitrogens with one attached hydrogen (secondary N) is 2. The van der Waals surface area contributed by atoms with Crippen LogP contribution >= 0.6 is 22.9 Å². The zero-order valence-corrected chi connectivity index (χ0v) is 13.2. The second kappa shape index (κ2) is 6.48. The second-order valence-corrected chi connectivity index (χ2v) is 7.01. The largest absolute Gasteiger partial charge is 0.299 e. The van der Waals surface area contributed by atoms with Gasteiger partial charge in [-0.3, -0.25) is 10.1 Å². The summed E-state index contributed by atoms with van der Waals surface area (Å²) in [4.78, 5) is 11.9. The number of benzene rings is 1. The summed E-state index contributed by atoms with van der Waals surface area (Å²) >= 11 is 6.84. The first-order valence-corrected chi connectivity index (χ1v) is 8.47. The first-order chi connectivity index (χ1) is 9.88. The fourth-order valence-corrected chi connectivity index (χ4v) is 3.19. The third kappa shape index (κ3) is 4.21. The second-order valence-electron chi connectivity index (χ2n) is 4.03. The molecule has 1 aromatic heterocycles. The van der Waals surface area contributed by atoms with Crippen LogP contribution in [0, 0.1) is 0 Å². The van der Waals surface area contributed by atoms with Crippen LogP contribution in [-0.2, 0) is 14.8 Å². The van der Waals surface area contributed by atoms with Gasteiger partial charge in [0.1, 0.15) is 5.51 Å². The molecule has 1 amide bonds. The van der Waals surface area contributed by atoms with E-state index < -0.39 is 22.0 Å². The fraction of sp³-hybridized carbons (Fsp3) is 0.182. The molecule has 0 fully saturated rings. The summed E-state index contributed by atoms with van der Waals surface area (Å²) < 4.78 is 26.5. The maximum Gasteiger partial charge on any atom is 0.244 e. The van der Waals surface area contributed by atoms with E-state index in [1.54, 1.807) is 0 Å². The molecule has 0 saturated heterocycles. The highest BCUT2D eigenvalue weighted by Gasteiger charge is 2.22. The van der Waals surface area contributed by atoms with Crippen molar-refractivity contribution in [3.8, 4) is 0 Å². The molecule has 7 nitrogen and oxygen atoms in total. The topological polar surface area (TPSA) is 101 Å². The number of halogens is 1. The fourth-order valence-electron chi connectivity index (χ4n) is 1.41. The van der Waals surface area contributed by atoms with E-state index in [1.807, 2.05) is 0 Å². The van der Waals surface area contributed by atoms with Crippen molar-refractivity contribution < 1.29 is 13.2 Å². The van der Waals surface area contributed by atoms with Crippen molar-refractivity contribution in [2.24, 2.45) is 0 Å².